The van der Waals surface area contributed by atoms with Gasteiger partial charge in [-0.05, 0) is 77.1 Å². The van der Waals surface area contributed by atoms with Crippen molar-refractivity contribution in [3.05, 3.63) is 137 Å². The SMILES string of the molecule is Cn1c(CCc2ccc(C(=N)N)cc2)nc2cc(N(Cc3cccc4ccccc34)C(=O)CCCc3ccc(N)cc3)ccc21. The van der Waals surface area contributed by atoms with Crippen LogP contribution in [0.3, 0.4) is 0 Å². The molecule has 45 heavy (non-hydrogen) atoms. The van der Waals surface area contributed by atoms with E-state index in [2.05, 4.69) is 41.0 Å². The molecule has 5 aromatic carbocycles. The van der Waals surface area contributed by atoms with E-state index >= 15 is 0 Å². The molecule has 0 fully saturated rings. The Morgan fingerprint density at radius 1 is 0.844 bits per heavy atom. The predicted molar refractivity (Wildman–Crippen MR) is 185 cm³/mol. The number of nitrogens with two attached hydrogens (primary N) is 2. The van der Waals surface area contributed by atoms with E-state index in [0.29, 0.717) is 13.0 Å². The summed E-state index contributed by atoms with van der Waals surface area (Å²) >= 11 is 0. The summed E-state index contributed by atoms with van der Waals surface area (Å²) in [5.41, 5.74) is 19.1. The predicted octanol–water partition coefficient (Wildman–Crippen LogP) is 6.93. The van der Waals surface area contributed by atoms with Crippen LogP contribution in [0, 0.1) is 5.41 Å². The quantitative estimate of drug-likeness (QED) is 0.0857. The number of anilines is 2. The molecule has 226 valence electrons. The van der Waals surface area contributed by atoms with Gasteiger partial charge in [0.1, 0.15) is 11.7 Å². The molecule has 0 aliphatic heterocycles. The van der Waals surface area contributed by atoms with Crippen LogP contribution in [0.5, 0.6) is 0 Å². The third kappa shape index (κ3) is 6.73. The van der Waals surface area contributed by atoms with E-state index in [1.807, 2.05) is 84.7 Å². The number of nitrogen functional groups attached to an aromatic ring is 2. The molecule has 0 aliphatic carbocycles. The second-order valence-electron chi connectivity index (χ2n) is 11.6. The molecule has 0 radical (unpaired) electrons. The summed E-state index contributed by atoms with van der Waals surface area (Å²) in [6.07, 6.45) is 3.58. The Morgan fingerprint density at radius 2 is 1.56 bits per heavy atom. The topological polar surface area (TPSA) is 114 Å². The normalized spacial score (nSPS) is 11.2. The lowest BCUT2D eigenvalue weighted by atomic mass is 10.0. The van der Waals surface area contributed by atoms with Crippen LogP contribution in [0.1, 0.15) is 40.9 Å². The number of rotatable bonds is 11. The van der Waals surface area contributed by atoms with Crippen LogP contribution in [0.15, 0.2) is 109 Å². The average molecular weight is 595 g/mol. The minimum absolute atomic E-state index is 0.0717. The van der Waals surface area contributed by atoms with E-state index in [9.17, 15) is 4.79 Å². The Balaban J connectivity index is 1.25. The van der Waals surface area contributed by atoms with Crippen molar-refractivity contribution < 1.29 is 4.79 Å². The van der Waals surface area contributed by atoms with Gasteiger partial charge in [0.05, 0.1) is 17.6 Å². The van der Waals surface area contributed by atoms with Gasteiger partial charge in [-0.15, -0.1) is 0 Å². The molecular formula is C38H38N6O. The number of carbonyl (C=O) groups excluding carboxylic acids is 1. The molecular weight excluding hydrogens is 556 g/mol. The van der Waals surface area contributed by atoms with Gasteiger partial charge in [0.25, 0.3) is 0 Å². The summed E-state index contributed by atoms with van der Waals surface area (Å²) in [5.74, 6) is 1.14. The average Bonchev–Trinajstić information content (AvgIpc) is 3.37. The third-order valence-corrected chi connectivity index (χ3v) is 8.52. The first kappa shape index (κ1) is 29.6. The van der Waals surface area contributed by atoms with Crippen LogP contribution in [-0.2, 0) is 37.6 Å². The fourth-order valence-electron chi connectivity index (χ4n) is 5.92. The fourth-order valence-corrected chi connectivity index (χ4v) is 5.92. The van der Waals surface area contributed by atoms with Gasteiger partial charge in [-0.25, -0.2) is 4.98 Å². The number of amides is 1. The van der Waals surface area contributed by atoms with Gasteiger partial charge < -0.3 is 20.9 Å². The van der Waals surface area contributed by atoms with Crippen LogP contribution in [0.2, 0.25) is 0 Å². The molecule has 1 heterocycles. The molecule has 0 bridgehead atoms. The molecule has 0 saturated heterocycles. The second kappa shape index (κ2) is 13.1. The largest absolute Gasteiger partial charge is 0.399 e. The van der Waals surface area contributed by atoms with Crippen molar-refractivity contribution >= 4 is 44.9 Å². The number of hydrogen-bond donors (Lipinski definition) is 3. The van der Waals surface area contributed by atoms with E-state index in [0.717, 1.165) is 75.8 Å². The summed E-state index contributed by atoms with van der Waals surface area (Å²) in [6.45, 7) is 0.476. The number of nitrogens with one attached hydrogen (secondary N) is 1. The molecule has 7 nitrogen and oxygen atoms in total. The molecule has 0 atom stereocenters. The number of aromatic nitrogens is 2. The van der Waals surface area contributed by atoms with Gasteiger partial charge >= 0.3 is 0 Å². The monoisotopic (exact) mass is 594 g/mol. The van der Waals surface area contributed by atoms with Gasteiger partial charge in [0.2, 0.25) is 5.91 Å². The number of nitrogens with zero attached hydrogens (tertiary/aromatic N) is 3. The Labute approximate surface area is 263 Å². The van der Waals surface area contributed by atoms with Crippen LogP contribution in [0.25, 0.3) is 21.8 Å². The lowest BCUT2D eigenvalue weighted by Gasteiger charge is -2.24. The Bertz CT molecular complexity index is 1970. The van der Waals surface area contributed by atoms with Gasteiger partial charge in [0, 0.05) is 36.8 Å². The van der Waals surface area contributed by atoms with Gasteiger partial charge in [-0.1, -0.05) is 78.9 Å². The zero-order valence-electron chi connectivity index (χ0n) is 25.5. The van der Waals surface area contributed by atoms with Crippen molar-refractivity contribution in [2.75, 3.05) is 10.6 Å². The fraction of sp³-hybridized carbons (Fsp3) is 0.184. The lowest BCUT2D eigenvalue weighted by Crippen LogP contribution is -2.30. The maximum atomic E-state index is 13.9. The highest BCUT2D eigenvalue weighted by Gasteiger charge is 2.19. The highest BCUT2D eigenvalue weighted by atomic mass is 16.2. The smallest absolute Gasteiger partial charge is 0.227 e. The minimum Gasteiger partial charge on any atom is -0.399 e. The van der Waals surface area contributed by atoms with Crippen molar-refractivity contribution in [3.8, 4) is 0 Å². The first-order valence-corrected chi connectivity index (χ1v) is 15.4. The maximum Gasteiger partial charge on any atom is 0.227 e. The van der Waals surface area contributed by atoms with E-state index in [1.54, 1.807) is 0 Å². The summed E-state index contributed by atoms with van der Waals surface area (Å²) in [5, 5.41) is 9.92. The van der Waals surface area contributed by atoms with Crippen molar-refractivity contribution in [1.82, 2.24) is 9.55 Å². The molecule has 0 spiro atoms. The molecule has 1 aromatic heterocycles. The van der Waals surface area contributed by atoms with Crippen LogP contribution >= 0.6 is 0 Å². The molecule has 7 heteroatoms. The van der Waals surface area contributed by atoms with Gasteiger partial charge in [0.15, 0.2) is 0 Å². The second-order valence-corrected chi connectivity index (χ2v) is 11.6. The first-order valence-electron chi connectivity index (χ1n) is 15.4. The summed E-state index contributed by atoms with van der Waals surface area (Å²) < 4.78 is 2.13. The number of benzene rings is 5. The number of imidazole rings is 1. The summed E-state index contributed by atoms with van der Waals surface area (Å²) in [6, 6.07) is 36.4. The van der Waals surface area contributed by atoms with Crippen molar-refractivity contribution in [3.63, 3.8) is 0 Å². The number of fused-ring (bicyclic) bond motifs is 2. The zero-order chi connectivity index (χ0) is 31.3. The third-order valence-electron chi connectivity index (χ3n) is 8.52. The Kier molecular flexibility index (Phi) is 8.60. The van der Waals surface area contributed by atoms with Crippen LogP contribution in [0.4, 0.5) is 11.4 Å². The molecule has 5 N–H and O–H groups in total. The van der Waals surface area contributed by atoms with Crippen LogP contribution < -0.4 is 16.4 Å². The maximum absolute atomic E-state index is 13.9. The molecule has 0 unspecified atom stereocenters. The Hall–Kier alpha value is -5.43. The van der Waals surface area contributed by atoms with Crippen molar-refractivity contribution in [2.24, 2.45) is 12.8 Å². The van der Waals surface area contributed by atoms with E-state index in [1.165, 1.54) is 11.1 Å². The molecule has 0 aliphatic rings. The van der Waals surface area contributed by atoms with Crippen LogP contribution in [-0.4, -0.2) is 21.3 Å². The number of amidine groups is 1. The number of carbonyl (C=O) groups is 1. The number of hydrogen-bond acceptors (Lipinski definition) is 4. The molecule has 6 rings (SSSR count). The standard InChI is InChI=1S/C38H38N6O/c1-43-35-22-21-32(24-34(35)42-36(43)23-16-27-12-17-29(18-13-27)38(40)41)44(25-30-9-5-8-28-7-2-3-10-33(28)30)37(45)11-4-6-26-14-19-31(39)20-15-26/h2-3,5,7-10,12-15,17-22,24H,4,6,11,16,23,25,39H2,1H3,(H3,40,41). The summed E-state index contributed by atoms with van der Waals surface area (Å²) in [4.78, 5) is 20.8. The Morgan fingerprint density at radius 3 is 2.33 bits per heavy atom. The van der Waals surface area contributed by atoms with Gasteiger partial charge in [-0.3, -0.25) is 10.2 Å². The first-order chi connectivity index (χ1) is 21.9. The highest BCUT2D eigenvalue weighted by Crippen LogP contribution is 2.28. The van der Waals surface area contributed by atoms with Gasteiger partial charge in [-0.2, -0.15) is 0 Å². The molecule has 6 aromatic rings. The van der Waals surface area contributed by atoms with E-state index in [-0.39, 0.29) is 11.7 Å². The minimum atomic E-state index is 0.0717. The lowest BCUT2D eigenvalue weighted by molar-refractivity contribution is -0.118. The summed E-state index contributed by atoms with van der Waals surface area (Å²) in [7, 11) is 2.04. The van der Waals surface area contributed by atoms with Crippen molar-refractivity contribution in [1.29, 1.82) is 5.41 Å². The zero-order valence-corrected chi connectivity index (χ0v) is 25.5. The number of aryl methyl sites for hydroxylation is 4. The van der Waals surface area contributed by atoms with E-state index < -0.39 is 0 Å². The highest BCUT2D eigenvalue weighted by molar-refractivity contribution is 5.97. The molecule has 0 saturated carbocycles. The molecule has 1 amide bonds. The van der Waals surface area contributed by atoms with Crippen molar-refractivity contribution in [2.45, 2.75) is 38.6 Å². The van der Waals surface area contributed by atoms with E-state index in [4.69, 9.17) is 21.9 Å².